The van der Waals surface area contributed by atoms with Gasteiger partial charge >= 0.3 is 0 Å². The van der Waals surface area contributed by atoms with Gasteiger partial charge in [-0.1, -0.05) is 123 Å². The van der Waals surface area contributed by atoms with Gasteiger partial charge in [-0.15, -0.1) is 0 Å². The molecule has 12 nitrogen and oxygen atoms in total. The number of hydrogen-bond acceptors (Lipinski definition) is 9. The SMILES string of the molecule is C.C.C.C.C.CS(=O)(=O)Nc1nn(CC(F)F)c2c(Br)ccc(Cl)c12.Fc1cc(Cl)ccc1Br.N#Cc1c(Cl)ccc(Br)c1F.NC1=NCc2c(Br)ccc(Cl)c21.Nc1nn(CC(F)F)c2c(Br)ccc(Cl)c12.O=Cc1c(Cl)ccc(Br)c1F. The summed E-state index contributed by atoms with van der Waals surface area (Å²) in [6.07, 6.45) is -3.79. The molecule has 5 N–H and O–H groups in total. The van der Waals surface area contributed by atoms with Crippen molar-refractivity contribution in [3.05, 3.63) is 176 Å². The van der Waals surface area contributed by atoms with E-state index in [4.69, 9.17) is 86.3 Å². The first kappa shape index (κ1) is 82.6. The molecule has 0 radical (unpaired) electrons. The Kier molecular flexibility index (Phi) is 36.8. The molecule has 0 saturated carbocycles. The number of amidine groups is 1. The van der Waals surface area contributed by atoms with Crippen LogP contribution in [-0.4, -0.2) is 59.2 Å². The Morgan fingerprint density at radius 2 is 1.08 bits per heavy atom. The Balaban J connectivity index is 0. The molecule has 460 valence electrons. The molecule has 0 spiro atoms. The number of nitrogen functional groups attached to an aromatic ring is 1. The van der Waals surface area contributed by atoms with E-state index in [0.29, 0.717) is 63.6 Å². The van der Waals surface area contributed by atoms with Gasteiger partial charge in [0.05, 0.1) is 78.7 Å². The molecular weight excluding hydrogens is 1660 g/mol. The number of aromatic nitrogens is 4. The second-order valence-corrected chi connectivity index (χ2v) is 24.5. The van der Waals surface area contributed by atoms with E-state index in [1.165, 1.54) is 36.4 Å². The zero-order chi connectivity index (χ0) is 59.4. The fraction of sp³-hybridized carbons (Fsp3) is 0.212. The number of aldehydes is 1. The number of carbonyl (C=O) groups excluding carboxylic acids is 1. The Hall–Kier alpha value is -3.43. The lowest BCUT2D eigenvalue weighted by atomic mass is 10.1. The normalized spacial score (nSPS) is 10.7. The predicted octanol–water partition coefficient (Wildman–Crippen LogP) is 21.3. The first-order chi connectivity index (χ1) is 36.9. The number of anilines is 2. The van der Waals surface area contributed by atoms with Gasteiger partial charge in [0, 0.05) is 29.6 Å². The standard InChI is InChI=1S/C10H9BrClF2N3O2S.C9H7BrClF2N3.C8H6BrClN2.C7H2BrClFN.C7H3BrClFO.C6H3BrClF.5CH4/c1-20(18,19)16-10-8-6(12)3-2-5(11)9(8)17(15-10)4-7(13)14;10-4-1-2-5(11)7-8(4)16(3-6(12)13)15-9(7)14;9-5-1-2-6(10)7-4(5)3-12-8(7)11;2*8-5-1-2-6(9)4(3-11)7(5)10;7-5-2-1-4(8)3-6(5)9;;;;;/h2-3,7H,4H2,1H3,(H,15,16);1-2,6H,3H2,(H2,14,15);1-2H,3H2,(H2,11,12);1-2H;1-3H;1-3H;5*1H4. The molecule has 0 saturated heterocycles. The third-order valence-corrected chi connectivity index (χ3v) is 15.9. The lowest BCUT2D eigenvalue weighted by Gasteiger charge is -2.04. The number of nitriles is 1. The first-order valence-corrected chi connectivity index (χ1v) is 29.8. The van der Waals surface area contributed by atoms with Gasteiger partial charge < -0.3 is 11.5 Å². The van der Waals surface area contributed by atoms with Gasteiger partial charge in [0.1, 0.15) is 42.2 Å². The van der Waals surface area contributed by atoms with Crippen LogP contribution in [0.5, 0.6) is 0 Å². The Morgan fingerprint density at radius 1 is 0.643 bits per heavy atom. The van der Waals surface area contributed by atoms with Crippen molar-refractivity contribution in [2.75, 3.05) is 16.7 Å². The molecule has 0 bridgehead atoms. The predicted molar refractivity (Wildman–Crippen MR) is 354 cm³/mol. The summed E-state index contributed by atoms with van der Waals surface area (Å²) in [6, 6.07) is 22.1. The fourth-order valence-corrected chi connectivity index (χ4v) is 10.5. The van der Waals surface area contributed by atoms with Crippen LogP contribution < -0.4 is 16.2 Å². The van der Waals surface area contributed by atoms with Gasteiger partial charge in [0.25, 0.3) is 12.9 Å². The molecule has 6 aromatic carbocycles. The molecule has 0 fully saturated rings. The number of benzene rings is 6. The van der Waals surface area contributed by atoms with Gasteiger partial charge in [0.15, 0.2) is 23.7 Å². The van der Waals surface area contributed by atoms with Gasteiger partial charge in [0.2, 0.25) is 10.0 Å². The monoisotopic (exact) mass is 1700 g/mol. The van der Waals surface area contributed by atoms with E-state index in [-0.39, 0.29) is 95.1 Å². The van der Waals surface area contributed by atoms with Crippen molar-refractivity contribution in [2.45, 2.75) is 69.6 Å². The van der Waals surface area contributed by atoms with Crippen molar-refractivity contribution < 1.29 is 43.9 Å². The second-order valence-electron chi connectivity index (χ2n) is 15.1. The molecule has 84 heavy (non-hydrogen) atoms. The number of fused-ring (bicyclic) bond motifs is 3. The van der Waals surface area contributed by atoms with E-state index in [0.717, 1.165) is 31.2 Å². The van der Waals surface area contributed by atoms with Crippen LogP contribution in [-0.2, 0) is 29.7 Å². The second kappa shape index (κ2) is 37.4. The maximum absolute atomic E-state index is 12.9. The summed E-state index contributed by atoms with van der Waals surface area (Å²) in [6.45, 7) is -0.546. The highest BCUT2D eigenvalue weighted by Crippen LogP contribution is 2.37. The van der Waals surface area contributed by atoms with Crippen molar-refractivity contribution in [3.8, 4) is 6.07 Å². The summed E-state index contributed by atoms with van der Waals surface area (Å²) in [5, 5.41) is 18.9. The molecule has 9 rings (SSSR count). The number of nitrogens with one attached hydrogen (secondary N) is 1. The van der Waals surface area contributed by atoms with E-state index in [2.05, 4.69) is 115 Å². The maximum atomic E-state index is 12.9. The minimum Gasteiger partial charge on any atom is -0.383 e. The van der Waals surface area contributed by atoms with E-state index >= 15 is 0 Å². The fourth-order valence-electron chi connectivity index (χ4n) is 6.30. The third-order valence-electron chi connectivity index (χ3n) is 9.62. The lowest BCUT2D eigenvalue weighted by Crippen LogP contribution is -2.12. The van der Waals surface area contributed by atoms with Gasteiger partial charge in [-0.25, -0.2) is 39.2 Å². The van der Waals surface area contributed by atoms with E-state index in [1.807, 2.05) is 12.1 Å². The number of carbonyl (C=O) groups is 1. The number of rotatable bonds is 7. The Morgan fingerprint density at radius 3 is 1.54 bits per heavy atom. The lowest BCUT2D eigenvalue weighted by molar-refractivity contribution is 0.111. The van der Waals surface area contributed by atoms with Gasteiger partial charge in [-0.3, -0.25) is 23.9 Å². The van der Waals surface area contributed by atoms with Crippen molar-refractivity contribution in [2.24, 2.45) is 10.7 Å². The van der Waals surface area contributed by atoms with Crippen LogP contribution >= 0.6 is 165 Å². The Labute approximate surface area is 562 Å². The van der Waals surface area contributed by atoms with Crippen molar-refractivity contribution in [1.82, 2.24) is 19.6 Å². The number of hydrogen-bond donors (Lipinski definition) is 3. The summed E-state index contributed by atoms with van der Waals surface area (Å²) >= 11 is 53.2. The van der Waals surface area contributed by atoms with E-state index < -0.39 is 47.6 Å². The minimum absolute atomic E-state index is 0. The number of sulfonamides is 1. The Bertz CT molecular complexity index is 3760. The number of nitrogens with two attached hydrogens (primary N) is 2. The molecule has 0 unspecified atom stereocenters. The molecule has 1 aliphatic heterocycles. The topological polar surface area (TPSA) is 187 Å². The minimum atomic E-state index is -3.60. The summed E-state index contributed by atoms with van der Waals surface area (Å²) in [4.78, 5) is 14.4. The van der Waals surface area contributed by atoms with Crippen LogP contribution in [0.1, 0.15) is 64.2 Å². The van der Waals surface area contributed by atoms with Crippen LogP contribution in [0.15, 0.2) is 111 Å². The largest absolute Gasteiger partial charge is 0.383 e. The average molecular weight is 1710 g/mol. The molecule has 2 aromatic heterocycles. The zero-order valence-corrected chi connectivity index (χ0v) is 53.9. The smallest absolute Gasteiger partial charge is 0.257 e. The van der Waals surface area contributed by atoms with Crippen LogP contribution in [0.4, 0.5) is 42.4 Å². The highest BCUT2D eigenvalue weighted by molar-refractivity contribution is 9.11. The first-order valence-electron chi connectivity index (χ1n) is 20.9. The van der Waals surface area contributed by atoms with E-state index in [9.17, 15) is 43.9 Å². The maximum Gasteiger partial charge on any atom is 0.257 e. The third kappa shape index (κ3) is 22.6. The molecule has 0 atom stereocenters. The van der Waals surface area contributed by atoms with Crippen molar-refractivity contribution >= 4 is 221 Å². The molecular formula is C52H50Br6Cl6F7N9O3S. The number of halogens is 19. The van der Waals surface area contributed by atoms with Crippen molar-refractivity contribution in [3.63, 3.8) is 0 Å². The molecule has 3 heterocycles. The molecule has 1 aliphatic rings. The van der Waals surface area contributed by atoms with Crippen LogP contribution in [0.2, 0.25) is 30.1 Å². The zero-order valence-electron chi connectivity index (χ0n) is 39.0. The molecule has 0 amide bonds. The quantitative estimate of drug-likeness (QED) is 0.0799. The number of aliphatic imine (C=N–C) groups is 1. The number of alkyl halides is 4. The van der Waals surface area contributed by atoms with Crippen LogP contribution in [0, 0.1) is 28.8 Å². The van der Waals surface area contributed by atoms with Crippen LogP contribution in [0.3, 0.4) is 0 Å². The van der Waals surface area contributed by atoms with Crippen molar-refractivity contribution in [1.29, 1.82) is 5.26 Å². The average Bonchev–Trinajstić information content (AvgIpc) is 4.05. The highest BCUT2D eigenvalue weighted by Gasteiger charge is 2.22. The summed E-state index contributed by atoms with van der Waals surface area (Å²) in [5.41, 5.74) is 13.8. The van der Waals surface area contributed by atoms with Crippen LogP contribution in [0.25, 0.3) is 21.8 Å². The molecule has 0 aliphatic carbocycles. The molecule has 32 heteroatoms. The summed E-state index contributed by atoms with van der Waals surface area (Å²) in [7, 11) is -3.60. The summed E-state index contributed by atoms with van der Waals surface area (Å²) < 4.78 is 118. The van der Waals surface area contributed by atoms with E-state index in [1.54, 1.807) is 36.4 Å². The number of nitrogens with zero attached hydrogens (tertiary/aromatic N) is 6. The summed E-state index contributed by atoms with van der Waals surface area (Å²) in [5.74, 6) is -0.942. The molecule has 8 aromatic rings. The van der Waals surface area contributed by atoms with Gasteiger partial charge in [-0.2, -0.15) is 15.5 Å². The highest BCUT2D eigenvalue weighted by atomic mass is 79.9. The van der Waals surface area contributed by atoms with Gasteiger partial charge in [-0.05, 0) is 159 Å².